The molecule has 4 rings (SSSR count). The number of benzene rings is 2. The Kier molecular flexibility index (Phi) is 5.06. The molecule has 1 aliphatic rings. The van der Waals surface area contributed by atoms with Crippen molar-refractivity contribution in [1.82, 2.24) is 9.78 Å². The second-order valence-electron chi connectivity index (χ2n) is 7.79. The number of hydrogen-bond acceptors (Lipinski definition) is 2. The van der Waals surface area contributed by atoms with E-state index in [-0.39, 0.29) is 11.5 Å². The number of primary amides is 1. The minimum absolute atomic E-state index is 0.0124. The quantitative estimate of drug-likeness (QED) is 0.659. The van der Waals surface area contributed by atoms with Gasteiger partial charge in [0.1, 0.15) is 0 Å². The van der Waals surface area contributed by atoms with Gasteiger partial charge in [-0.15, -0.1) is 0 Å². The Labute approximate surface area is 166 Å². The van der Waals surface area contributed by atoms with Gasteiger partial charge in [0.05, 0.1) is 11.1 Å². The molecule has 0 radical (unpaired) electrons. The highest BCUT2D eigenvalue weighted by Crippen LogP contribution is 2.39. The zero-order chi connectivity index (χ0) is 20.6. The Bertz CT molecular complexity index is 1000. The highest BCUT2D eigenvalue weighted by atomic mass is 19.4. The van der Waals surface area contributed by atoms with Crippen LogP contribution in [0, 0.1) is 5.92 Å². The largest absolute Gasteiger partial charge is 0.416 e. The molecule has 1 heterocycles. The van der Waals surface area contributed by atoms with Gasteiger partial charge in [0.15, 0.2) is 0 Å². The van der Waals surface area contributed by atoms with E-state index in [1.165, 1.54) is 6.07 Å². The first-order valence-corrected chi connectivity index (χ1v) is 9.74. The summed E-state index contributed by atoms with van der Waals surface area (Å²) in [6.07, 6.45) is 1.05. The van der Waals surface area contributed by atoms with Crippen LogP contribution in [0.4, 0.5) is 13.2 Å². The summed E-state index contributed by atoms with van der Waals surface area (Å²) in [5.74, 6) is -0.309. The lowest BCUT2D eigenvalue weighted by molar-refractivity contribution is -0.137. The van der Waals surface area contributed by atoms with Gasteiger partial charge in [-0.1, -0.05) is 24.3 Å². The van der Waals surface area contributed by atoms with Crippen LogP contribution in [0.1, 0.15) is 53.1 Å². The fraction of sp³-hybridized carbons (Fsp3) is 0.364. The molecular formula is C22H22F3N3O. The van der Waals surface area contributed by atoms with Crippen LogP contribution >= 0.6 is 0 Å². The minimum atomic E-state index is -4.49. The Hall–Kier alpha value is -2.83. The zero-order valence-corrected chi connectivity index (χ0v) is 15.8. The van der Waals surface area contributed by atoms with E-state index in [0.29, 0.717) is 11.5 Å². The molecule has 0 bridgehead atoms. The third kappa shape index (κ3) is 4.13. The first-order valence-electron chi connectivity index (χ1n) is 9.74. The highest BCUT2D eigenvalue weighted by Gasteiger charge is 2.33. The van der Waals surface area contributed by atoms with E-state index >= 15 is 0 Å². The molecule has 0 spiro atoms. The van der Waals surface area contributed by atoms with Gasteiger partial charge in [-0.2, -0.15) is 18.3 Å². The van der Waals surface area contributed by atoms with Crippen LogP contribution in [0.25, 0.3) is 10.9 Å². The Balaban J connectivity index is 1.45. The van der Waals surface area contributed by atoms with Gasteiger partial charge < -0.3 is 5.73 Å². The molecule has 3 aromatic rings. The molecule has 2 aromatic carbocycles. The third-order valence-electron chi connectivity index (χ3n) is 5.84. The molecule has 1 saturated carbocycles. The molecule has 1 aromatic heterocycles. The summed E-state index contributed by atoms with van der Waals surface area (Å²) in [6.45, 7) is 0.817. The number of carbonyl (C=O) groups is 1. The smallest absolute Gasteiger partial charge is 0.366 e. The van der Waals surface area contributed by atoms with Crippen LogP contribution in [0.5, 0.6) is 0 Å². The number of fused-ring (bicyclic) bond motifs is 1. The lowest BCUT2D eigenvalue weighted by Crippen LogP contribution is -2.22. The molecule has 7 heteroatoms. The maximum absolute atomic E-state index is 13.0. The van der Waals surface area contributed by atoms with E-state index in [9.17, 15) is 18.0 Å². The minimum Gasteiger partial charge on any atom is -0.366 e. The van der Waals surface area contributed by atoms with E-state index in [1.54, 1.807) is 0 Å². The number of hydrogen-bond donors (Lipinski definition) is 1. The van der Waals surface area contributed by atoms with Gasteiger partial charge in [-0.05, 0) is 61.3 Å². The van der Waals surface area contributed by atoms with Crippen molar-refractivity contribution in [3.63, 3.8) is 0 Å². The Morgan fingerprint density at radius 1 is 1.10 bits per heavy atom. The average molecular weight is 401 g/mol. The van der Waals surface area contributed by atoms with Gasteiger partial charge in [0, 0.05) is 23.7 Å². The standard InChI is InChI=1S/C22H22F3N3O/c23-22(24,25)17-9-10-18(19(11-17)21(26)29)15-7-5-14(6-8-15)12-28-13-16-3-1-2-4-20(16)27-28/h1-4,9-11,13-15H,5-8,12H2,(H2,26,29). The number of aromatic nitrogens is 2. The maximum atomic E-state index is 13.0. The topological polar surface area (TPSA) is 60.9 Å². The predicted octanol–water partition coefficient (Wildman–Crippen LogP) is 5.13. The van der Waals surface area contributed by atoms with Crippen LogP contribution in [-0.2, 0) is 12.7 Å². The zero-order valence-electron chi connectivity index (χ0n) is 15.8. The molecule has 1 amide bonds. The van der Waals surface area contributed by atoms with Crippen molar-refractivity contribution in [3.8, 4) is 0 Å². The van der Waals surface area contributed by atoms with E-state index < -0.39 is 17.6 Å². The van der Waals surface area contributed by atoms with E-state index in [4.69, 9.17) is 5.73 Å². The summed E-state index contributed by atoms with van der Waals surface area (Å²) in [5, 5.41) is 5.71. The van der Waals surface area contributed by atoms with Gasteiger partial charge in [0.25, 0.3) is 0 Å². The van der Waals surface area contributed by atoms with Crippen molar-refractivity contribution in [1.29, 1.82) is 0 Å². The van der Waals surface area contributed by atoms with E-state index in [2.05, 4.69) is 5.10 Å². The predicted molar refractivity (Wildman–Crippen MR) is 104 cm³/mol. The molecule has 4 nitrogen and oxygen atoms in total. The molecule has 29 heavy (non-hydrogen) atoms. The van der Waals surface area contributed by atoms with Gasteiger partial charge >= 0.3 is 6.18 Å². The maximum Gasteiger partial charge on any atom is 0.416 e. The van der Waals surface area contributed by atoms with Crippen molar-refractivity contribution in [2.75, 3.05) is 0 Å². The second-order valence-corrected chi connectivity index (χ2v) is 7.79. The van der Waals surface area contributed by atoms with Gasteiger partial charge in [0.2, 0.25) is 5.91 Å². The summed E-state index contributed by atoms with van der Waals surface area (Å²) < 4.78 is 40.9. The van der Waals surface area contributed by atoms with Crippen molar-refractivity contribution in [2.24, 2.45) is 11.7 Å². The highest BCUT2D eigenvalue weighted by molar-refractivity contribution is 5.94. The number of nitrogens with two attached hydrogens (primary N) is 1. The summed E-state index contributed by atoms with van der Waals surface area (Å²) in [7, 11) is 0. The van der Waals surface area contributed by atoms with Crippen molar-refractivity contribution in [3.05, 3.63) is 65.4 Å². The van der Waals surface area contributed by atoms with Crippen molar-refractivity contribution >= 4 is 16.8 Å². The van der Waals surface area contributed by atoms with Crippen LogP contribution in [-0.4, -0.2) is 15.7 Å². The summed E-state index contributed by atoms with van der Waals surface area (Å²) in [5.41, 5.74) is 6.13. The van der Waals surface area contributed by atoms with Crippen LogP contribution in [0.2, 0.25) is 0 Å². The summed E-state index contributed by atoms with van der Waals surface area (Å²) in [4.78, 5) is 11.8. The first kappa shape index (κ1) is 19.5. The first-order chi connectivity index (χ1) is 13.8. The molecular weight excluding hydrogens is 379 g/mol. The van der Waals surface area contributed by atoms with Gasteiger partial charge in [-0.25, -0.2) is 0 Å². The Morgan fingerprint density at radius 2 is 1.83 bits per heavy atom. The van der Waals surface area contributed by atoms with Crippen LogP contribution in [0.3, 0.4) is 0 Å². The van der Waals surface area contributed by atoms with E-state index in [0.717, 1.165) is 55.3 Å². The number of nitrogens with zero attached hydrogens (tertiary/aromatic N) is 2. The third-order valence-corrected chi connectivity index (χ3v) is 5.84. The SMILES string of the molecule is NC(=O)c1cc(C(F)(F)F)ccc1C1CCC(Cn2cc3ccccc3n2)CC1. The monoisotopic (exact) mass is 401 g/mol. The van der Waals surface area contributed by atoms with Gasteiger partial charge in [-0.3, -0.25) is 9.48 Å². The lowest BCUT2D eigenvalue weighted by atomic mass is 9.77. The second kappa shape index (κ2) is 7.54. The molecule has 1 aliphatic carbocycles. The number of halogens is 3. The van der Waals surface area contributed by atoms with E-state index in [1.807, 2.05) is 35.1 Å². The lowest BCUT2D eigenvalue weighted by Gasteiger charge is -2.30. The molecule has 0 saturated heterocycles. The Morgan fingerprint density at radius 3 is 2.48 bits per heavy atom. The average Bonchev–Trinajstić information content (AvgIpc) is 3.09. The molecule has 152 valence electrons. The summed E-state index contributed by atoms with van der Waals surface area (Å²) in [6, 6.07) is 11.3. The van der Waals surface area contributed by atoms with Crippen LogP contribution in [0.15, 0.2) is 48.7 Å². The van der Waals surface area contributed by atoms with Crippen LogP contribution < -0.4 is 5.73 Å². The van der Waals surface area contributed by atoms with Crippen molar-refractivity contribution < 1.29 is 18.0 Å². The molecule has 0 aliphatic heterocycles. The number of alkyl halides is 3. The molecule has 1 fully saturated rings. The van der Waals surface area contributed by atoms with Crippen molar-refractivity contribution in [2.45, 2.75) is 44.3 Å². The fourth-order valence-electron chi connectivity index (χ4n) is 4.33. The summed E-state index contributed by atoms with van der Waals surface area (Å²) >= 11 is 0. The normalized spacial score (nSPS) is 20.1. The molecule has 0 unspecified atom stereocenters. The number of rotatable bonds is 4. The fourth-order valence-corrected chi connectivity index (χ4v) is 4.33. The number of carbonyl (C=O) groups excluding carboxylic acids is 1. The molecule has 2 N–H and O–H groups in total. The molecule has 0 atom stereocenters. The number of amides is 1.